The number of benzene rings is 6. The first-order valence-electron chi connectivity index (χ1n) is 13.7. The number of ether oxygens (including phenoxy) is 2. The second-order valence-electron chi connectivity index (χ2n) is 10.5. The fourth-order valence-electron chi connectivity index (χ4n) is 6.21. The van der Waals surface area contributed by atoms with Gasteiger partial charge in [0.15, 0.2) is 0 Å². The summed E-state index contributed by atoms with van der Waals surface area (Å²) in [4.78, 5) is 0. The van der Waals surface area contributed by atoms with E-state index in [1.165, 1.54) is 22.3 Å². The van der Waals surface area contributed by atoms with Crippen molar-refractivity contribution >= 4 is 23.1 Å². The molecule has 0 fully saturated rings. The van der Waals surface area contributed by atoms with E-state index in [9.17, 15) is 0 Å². The van der Waals surface area contributed by atoms with Crippen LogP contribution in [0.4, 0.5) is 0 Å². The van der Waals surface area contributed by atoms with E-state index in [1.807, 2.05) is 12.1 Å². The number of aryl methyl sites for hydroxylation is 1. The van der Waals surface area contributed by atoms with Crippen molar-refractivity contribution in [2.45, 2.75) is 6.92 Å². The molecule has 0 aromatic heterocycles. The van der Waals surface area contributed by atoms with Crippen LogP contribution < -0.4 is 25.9 Å². The van der Waals surface area contributed by atoms with Gasteiger partial charge in [-0.2, -0.15) is 0 Å². The average molecular weight is 512 g/mol. The highest BCUT2D eigenvalue weighted by molar-refractivity contribution is 6.98. The predicted octanol–water partition coefficient (Wildman–Crippen LogP) is 7.72. The highest BCUT2D eigenvalue weighted by Gasteiger charge is 2.41. The number of fused-ring (bicyclic) bond motifs is 4. The fourth-order valence-corrected chi connectivity index (χ4v) is 6.21. The summed E-state index contributed by atoms with van der Waals surface area (Å²) >= 11 is 0. The van der Waals surface area contributed by atoms with Crippen LogP contribution in [0.15, 0.2) is 133 Å². The molecule has 2 nitrogen and oxygen atoms in total. The van der Waals surface area contributed by atoms with Crippen LogP contribution in [0.5, 0.6) is 23.0 Å². The Kier molecular flexibility index (Phi) is 5.18. The van der Waals surface area contributed by atoms with Gasteiger partial charge in [0.2, 0.25) is 0 Å². The molecule has 0 aliphatic carbocycles. The standard InChI is InChI=1S/C37H25BO2/c1-24-10-8-9-15-29(24)28-17-20-33-32(22-28)38-31-19-16-27(25-11-4-2-5-12-25)23-35(31)39-34-21-18-30(37(40-33)36(34)38)26-13-6-3-7-14-26/h2-23H,1H3. The van der Waals surface area contributed by atoms with E-state index in [0.29, 0.717) is 0 Å². The Morgan fingerprint density at radius 1 is 0.450 bits per heavy atom. The molecule has 8 rings (SSSR count). The molecule has 2 aliphatic heterocycles. The zero-order valence-electron chi connectivity index (χ0n) is 22.1. The van der Waals surface area contributed by atoms with Crippen LogP contribution in [0.3, 0.4) is 0 Å². The van der Waals surface area contributed by atoms with Crippen molar-refractivity contribution in [3.05, 3.63) is 139 Å². The van der Waals surface area contributed by atoms with Crippen LogP contribution in [0, 0.1) is 6.92 Å². The lowest BCUT2D eigenvalue weighted by molar-refractivity contribution is 0.466. The van der Waals surface area contributed by atoms with Gasteiger partial charge in [0, 0.05) is 11.0 Å². The summed E-state index contributed by atoms with van der Waals surface area (Å²) in [6.45, 7) is 2.16. The molecule has 0 radical (unpaired) electrons. The molecule has 6 aromatic rings. The third-order valence-electron chi connectivity index (χ3n) is 8.17. The molecule has 0 N–H and O–H groups in total. The minimum atomic E-state index is -0.00467. The molecular formula is C37H25BO2. The maximum absolute atomic E-state index is 6.76. The summed E-state index contributed by atoms with van der Waals surface area (Å²) < 4.78 is 13.4. The molecule has 3 heteroatoms. The highest BCUT2D eigenvalue weighted by atomic mass is 16.5. The van der Waals surface area contributed by atoms with Crippen molar-refractivity contribution in [2.75, 3.05) is 0 Å². The van der Waals surface area contributed by atoms with Gasteiger partial charge in [0.05, 0.1) is 0 Å². The minimum absolute atomic E-state index is 0.00467. The van der Waals surface area contributed by atoms with Crippen molar-refractivity contribution in [2.24, 2.45) is 0 Å². The zero-order valence-corrected chi connectivity index (χ0v) is 22.1. The smallest absolute Gasteiger partial charge is 0.260 e. The van der Waals surface area contributed by atoms with Gasteiger partial charge in [0.25, 0.3) is 6.71 Å². The first kappa shape index (κ1) is 22.9. The van der Waals surface area contributed by atoms with Gasteiger partial charge in [-0.05, 0) is 75.5 Å². The molecule has 0 unspecified atom stereocenters. The van der Waals surface area contributed by atoms with Gasteiger partial charge in [-0.1, -0.05) is 109 Å². The van der Waals surface area contributed by atoms with Crippen LogP contribution in [0.25, 0.3) is 33.4 Å². The molecule has 188 valence electrons. The lowest BCUT2D eigenvalue weighted by Gasteiger charge is -2.34. The van der Waals surface area contributed by atoms with E-state index in [-0.39, 0.29) is 6.71 Å². The van der Waals surface area contributed by atoms with Crippen molar-refractivity contribution in [3.63, 3.8) is 0 Å². The molecule has 0 bridgehead atoms. The monoisotopic (exact) mass is 512 g/mol. The lowest BCUT2D eigenvalue weighted by atomic mass is 9.34. The molecule has 2 aliphatic rings. The van der Waals surface area contributed by atoms with E-state index in [4.69, 9.17) is 9.47 Å². The molecule has 2 heterocycles. The van der Waals surface area contributed by atoms with E-state index in [2.05, 4.69) is 128 Å². The Morgan fingerprint density at radius 2 is 1.15 bits per heavy atom. The molecule has 0 saturated carbocycles. The van der Waals surface area contributed by atoms with Crippen molar-refractivity contribution in [1.82, 2.24) is 0 Å². The Hall–Kier alpha value is -5.02. The summed E-state index contributed by atoms with van der Waals surface area (Å²) in [7, 11) is 0. The Balaban J connectivity index is 1.36. The number of hydrogen-bond donors (Lipinski definition) is 0. The normalized spacial score (nSPS) is 12.5. The first-order chi connectivity index (χ1) is 19.7. The second kappa shape index (κ2) is 9.03. The summed E-state index contributed by atoms with van der Waals surface area (Å²) in [5.74, 6) is 3.52. The van der Waals surface area contributed by atoms with E-state index < -0.39 is 0 Å². The van der Waals surface area contributed by atoms with Gasteiger partial charge in [-0.3, -0.25) is 0 Å². The van der Waals surface area contributed by atoms with Crippen LogP contribution >= 0.6 is 0 Å². The lowest BCUT2D eigenvalue weighted by Crippen LogP contribution is -2.57. The van der Waals surface area contributed by atoms with Gasteiger partial charge in [-0.15, -0.1) is 0 Å². The average Bonchev–Trinajstić information content (AvgIpc) is 3.01. The third-order valence-corrected chi connectivity index (χ3v) is 8.17. The van der Waals surface area contributed by atoms with Gasteiger partial charge < -0.3 is 9.47 Å². The molecule has 0 amide bonds. The third kappa shape index (κ3) is 3.59. The van der Waals surface area contributed by atoms with Gasteiger partial charge in [0.1, 0.15) is 23.0 Å². The SMILES string of the molecule is Cc1ccccc1-c1ccc2c(c1)B1c3ccc(-c4ccccc4)cc3Oc3ccc(-c4ccccc4)c(c31)O2. The minimum Gasteiger partial charge on any atom is -0.458 e. The molecule has 6 aromatic carbocycles. The van der Waals surface area contributed by atoms with Crippen LogP contribution in [-0.2, 0) is 0 Å². The topological polar surface area (TPSA) is 18.5 Å². The Labute approximate surface area is 234 Å². The summed E-state index contributed by atoms with van der Waals surface area (Å²) in [5, 5.41) is 0. The van der Waals surface area contributed by atoms with Crippen LogP contribution in [0.1, 0.15) is 5.56 Å². The van der Waals surface area contributed by atoms with Crippen molar-refractivity contribution in [1.29, 1.82) is 0 Å². The molecule has 40 heavy (non-hydrogen) atoms. The quantitative estimate of drug-likeness (QED) is 0.226. The Bertz CT molecular complexity index is 1910. The maximum atomic E-state index is 6.76. The predicted molar refractivity (Wildman–Crippen MR) is 165 cm³/mol. The number of rotatable bonds is 3. The summed E-state index contributed by atoms with van der Waals surface area (Å²) in [6, 6.07) is 47.0. The molecule has 0 atom stereocenters. The Morgan fingerprint density at radius 3 is 1.95 bits per heavy atom. The molecule has 0 saturated heterocycles. The highest BCUT2D eigenvalue weighted by Crippen LogP contribution is 2.42. The zero-order chi connectivity index (χ0) is 26.6. The van der Waals surface area contributed by atoms with Gasteiger partial charge >= 0.3 is 0 Å². The van der Waals surface area contributed by atoms with E-state index in [0.717, 1.165) is 56.1 Å². The first-order valence-corrected chi connectivity index (χ1v) is 13.7. The van der Waals surface area contributed by atoms with Crippen molar-refractivity contribution in [3.8, 4) is 56.4 Å². The van der Waals surface area contributed by atoms with Crippen molar-refractivity contribution < 1.29 is 9.47 Å². The second-order valence-corrected chi connectivity index (χ2v) is 10.5. The van der Waals surface area contributed by atoms with E-state index in [1.54, 1.807) is 0 Å². The fraction of sp³-hybridized carbons (Fsp3) is 0.0270. The summed E-state index contributed by atoms with van der Waals surface area (Å²) in [5.41, 5.74) is 11.6. The molecule has 0 spiro atoms. The van der Waals surface area contributed by atoms with Gasteiger partial charge in [-0.25, -0.2) is 0 Å². The maximum Gasteiger partial charge on any atom is 0.260 e. The summed E-state index contributed by atoms with van der Waals surface area (Å²) in [6.07, 6.45) is 0. The van der Waals surface area contributed by atoms with Crippen LogP contribution in [-0.4, -0.2) is 6.71 Å². The van der Waals surface area contributed by atoms with Crippen LogP contribution in [0.2, 0.25) is 0 Å². The molecular weight excluding hydrogens is 487 g/mol. The van der Waals surface area contributed by atoms with E-state index >= 15 is 0 Å². The number of hydrogen-bond acceptors (Lipinski definition) is 2. The largest absolute Gasteiger partial charge is 0.458 e.